The highest BCUT2D eigenvalue weighted by molar-refractivity contribution is 5.20. The molecule has 17 heavy (non-hydrogen) atoms. The first kappa shape index (κ1) is 11.8. The highest BCUT2D eigenvalue weighted by atomic mass is 19.1. The third kappa shape index (κ3) is 3.68. The van der Waals surface area contributed by atoms with Gasteiger partial charge in [-0.3, -0.25) is 0 Å². The lowest BCUT2D eigenvalue weighted by atomic mass is 10.00. The summed E-state index contributed by atoms with van der Waals surface area (Å²) in [6.07, 6.45) is 1.62. The van der Waals surface area contributed by atoms with Crippen molar-refractivity contribution in [2.75, 3.05) is 0 Å². The van der Waals surface area contributed by atoms with Crippen molar-refractivity contribution < 1.29 is 4.39 Å². The van der Waals surface area contributed by atoms with E-state index in [2.05, 4.69) is 12.1 Å². The fourth-order valence-corrected chi connectivity index (χ4v) is 1.91. The average Bonchev–Trinajstić information content (AvgIpc) is 2.33. The molecule has 0 aromatic heterocycles. The fraction of sp³-hybridized carbons (Fsp3) is 0.200. The van der Waals surface area contributed by atoms with E-state index in [1.54, 1.807) is 12.1 Å². The van der Waals surface area contributed by atoms with E-state index in [-0.39, 0.29) is 11.9 Å². The number of halogens is 1. The first-order valence-electron chi connectivity index (χ1n) is 5.78. The summed E-state index contributed by atoms with van der Waals surface area (Å²) in [5, 5.41) is 0. The van der Waals surface area contributed by atoms with Gasteiger partial charge in [0.15, 0.2) is 0 Å². The zero-order chi connectivity index (χ0) is 12.1. The Hall–Kier alpha value is -1.67. The molecule has 1 atom stereocenters. The van der Waals surface area contributed by atoms with Crippen molar-refractivity contribution in [3.05, 3.63) is 71.5 Å². The molecule has 2 rings (SSSR count). The van der Waals surface area contributed by atoms with Crippen LogP contribution in [0.25, 0.3) is 0 Å². The Bertz CT molecular complexity index is 450. The van der Waals surface area contributed by atoms with Crippen LogP contribution in [-0.4, -0.2) is 6.04 Å². The minimum atomic E-state index is -0.203. The lowest BCUT2D eigenvalue weighted by molar-refractivity contribution is 0.623. The minimum absolute atomic E-state index is 0.0721. The van der Waals surface area contributed by atoms with Gasteiger partial charge in [-0.1, -0.05) is 42.5 Å². The molecule has 0 saturated carbocycles. The van der Waals surface area contributed by atoms with E-state index in [0.717, 1.165) is 18.4 Å². The van der Waals surface area contributed by atoms with Gasteiger partial charge >= 0.3 is 0 Å². The third-order valence-electron chi connectivity index (χ3n) is 2.75. The lowest BCUT2D eigenvalue weighted by Gasteiger charge is -2.11. The molecular formula is C15H16FN. The molecule has 2 aromatic rings. The molecule has 0 saturated heterocycles. The first-order valence-corrected chi connectivity index (χ1v) is 5.78. The van der Waals surface area contributed by atoms with Gasteiger partial charge in [0, 0.05) is 6.04 Å². The van der Waals surface area contributed by atoms with Gasteiger partial charge in [-0.2, -0.15) is 0 Å². The van der Waals surface area contributed by atoms with E-state index in [9.17, 15) is 4.39 Å². The Morgan fingerprint density at radius 2 is 1.35 bits per heavy atom. The largest absolute Gasteiger partial charge is 0.327 e. The number of hydrogen-bond donors (Lipinski definition) is 1. The molecule has 1 nitrogen and oxygen atoms in total. The van der Waals surface area contributed by atoms with E-state index >= 15 is 0 Å². The summed E-state index contributed by atoms with van der Waals surface area (Å²) in [6.45, 7) is 0. The molecule has 0 radical (unpaired) electrons. The molecule has 88 valence electrons. The third-order valence-corrected chi connectivity index (χ3v) is 2.75. The molecule has 2 heteroatoms. The van der Waals surface area contributed by atoms with Crippen LogP contribution in [0.2, 0.25) is 0 Å². The number of benzene rings is 2. The Morgan fingerprint density at radius 3 is 1.94 bits per heavy atom. The van der Waals surface area contributed by atoms with Crippen LogP contribution in [0.5, 0.6) is 0 Å². The van der Waals surface area contributed by atoms with E-state index < -0.39 is 0 Å². The van der Waals surface area contributed by atoms with Crippen LogP contribution in [0.3, 0.4) is 0 Å². The van der Waals surface area contributed by atoms with Gasteiger partial charge in [0.2, 0.25) is 0 Å². The second-order valence-electron chi connectivity index (χ2n) is 4.28. The molecule has 0 amide bonds. The summed E-state index contributed by atoms with van der Waals surface area (Å²) >= 11 is 0. The van der Waals surface area contributed by atoms with Crippen molar-refractivity contribution in [2.24, 2.45) is 5.73 Å². The van der Waals surface area contributed by atoms with Gasteiger partial charge in [-0.25, -0.2) is 4.39 Å². The predicted molar refractivity (Wildman–Crippen MR) is 68.2 cm³/mol. The van der Waals surface area contributed by atoms with Crippen molar-refractivity contribution in [3.63, 3.8) is 0 Å². The van der Waals surface area contributed by atoms with Crippen LogP contribution in [0.1, 0.15) is 11.1 Å². The summed E-state index contributed by atoms with van der Waals surface area (Å²) < 4.78 is 12.7. The van der Waals surface area contributed by atoms with E-state index in [0.29, 0.717) is 0 Å². The van der Waals surface area contributed by atoms with Crippen molar-refractivity contribution >= 4 is 0 Å². The average molecular weight is 229 g/mol. The molecule has 0 aliphatic heterocycles. The van der Waals surface area contributed by atoms with Crippen LogP contribution >= 0.6 is 0 Å². The van der Waals surface area contributed by atoms with Gasteiger partial charge in [0.1, 0.15) is 5.82 Å². The Labute approximate surface area is 101 Å². The van der Waals surface area contributed by atoms with Crippen molar-refractivity contribution in [1.29, 1.82) is 0 Å². The number of hydrogen-bond acceptors (Lipinski definition) is 1. The maximum atomic E-state index is 12.7. The molecule has 2 N–H and O–H groups in total. The van der Waals surface area contributed by atoms with Gasteiger partial charge in [0.05, 0.1) is 0 Å². The van der Waals surface area contributed by atoms with Crippen LogP contribution in [0.15, 0.2) is 54.6 Å². The lowest BCUT2D eigenvalue weighted by Crippen LogP contribution is -2.25. The molecule has 0 aliphatic rings. The van der Waals surface area contributed by atoms with Crippen molar-refractivity contribution in [1.82, 2.24) is 0 Å². The second kappa shape index (κ2) is 5.60. The summed E-state index contributed by atoms with van der Waals surface area (Å²) in [7, 11) is 0. The fourth-order valence-electron chi connectivity index (χ4n) is 1.91. The van der Waals surface area contributed by atoms with E-state index in [1.807, 2.05) is 18.2 Å². The standard InChI is InChI=1S/C15H16FN/c16-14-8-6-13(7-9-14)11-15(17)10-12-4-2-1-3-5-12/h1-9,15H,10-11,17H2/t15-/m1/s1. The van der Waals surface area contributed by atoms with Crippen LogP contribution in [0.4, 0.5) is 4.39 Å². The quantitative estimate of drug-likeness (QED) is 0.857. The Kier molecular flexibility index (Phi) is 3.89. The van der Waals surface area contributed by atoms with Crippen molar-refractivity contribution in [3.8, 4) is 0 Å². The highest BCUT2D eigenvalue weighted by Gasteiger charge is 2.05. The van der Waals surface area contributed by atoms with Crippen LogP contribution in [0, 0.1) is 5.82 Å². The van der Waals surface area contributed by atoms with Crippen LogP contribution in [-0.2, 0) is 12.8 Å². The summed E-state index contributed by atoms with van der Waals surface area (Å²) in [4.78, 5) is 0. The van der Waals surface area contributed by atoms with Gasteiger partial charge < -0.3 is 5.73 Å². The molecule has 0 aliphatic carbocycles. The van der Waals surface area contributed by atoms with Gasteiger partial charge in [-0.15, -0.1) is 0 Å². The molecular weight excluding hydrogens is 213 g/mol. The Balaban J connectivity index is 1.93. The minimum Gasteiger partial charge on any atom is -0.327 e. The van der Waals surface area contributed by atoms with Gasteiger partial charge in [0.25, 0.3) is 0 Å². The maximum absolute atomic E-state index is 12.7. The summed E-state index contributed by atoms with van der Waals surface area (Å²) in [5.41, 5.74) is 8.40. The van der Waals surface area contributed by atoms with E-state index in [4.69, 9.17) is 5.73 Å². The van der Waals surface area contributed by atoms with E-state index in [1.165, 1.54) is 17.7 Å². The molecule has 0 spiro atoms. The van der Waals surface area contributed by atoms with Crippen LogP contribution < -0.4 is 5.73 Å². The zero-order valence-corrected chi connectivity index (χ0v) is 9.64. The second-order valence-corrected chi connectivity index (χ2v) is 4.28. The highest BCUT2D eigenvalue weighted by Crippen LogP contribution is 2.08. The summed E-state index contributed by atoms with van der Waals surface area (Å²) in [6, 6.07) is 16.8. The van der Waals surface area contributed by atoms with Crippen molar-refractivity contribution in [2.45, 2.75) is 18.9 Å². The molecule has 2 aromatic carbocycles. The SMILES string of the molecule is N[C@H](Cc1ccccc1)Cc1ccc(F)cc1. The number of rotatable bonds is 4. The predicted octanol–water partition coefficient (Wildman–Crippen LogP) is 2.94. The first-order chi connectivity index (χ1) is 8.24. The molecule has 0 heterocycles. The molecule has 0 bridgehead atoms. The topological polar surface area (TPSA) is 26.0 Å². The maximum Gasteiger partial charge on any atom is 0.123 e. The monoisotopic (exact) mass is 229 g/mol. The Morgan fingerprint density at radius 1 is 0.824 bits per heavy atom. The van der Waals surface area contributed by atoms with Gasteiger partial charge in [-0.05, 0) is 36.1 Å². The normalized spacial score (nSPS) is 12.4. The molecule has 0 fully saturated rings. The molecule has 0 unspecified atom stereocenters. The number of nitrogens with two attached hydrogens (primary N) is 1. The summed E-state index contributed by atoms with van der Waals surface area (Å²) in [5.74, 6) is -0.203. The smallest absolute Gasteiger partial charge is 0.123 e. The zero-order valence-electron chi connectivity index (χ0n) is 9.64.